The quantitative estimate of drug-likeness (QED) is 0.898. The van der Waals surface area contributed by atoms with E-state index in [2.05, 4.69) is 35.0 Å². The van der Waals surface area contributed by atoms with Crippen LogP contribution in [0.5, 0.6) is 0 Å². The number of aryl methyl sites for hydroxylation is 1. The molecule has 2 N–H and O–H groups in total. The molecule has 1 unspecified atom stereocenters. The first-order valence-electron chi connectivity index (χ1n) is 6.31. The maximum Gasteiger partial charge on any atom is 0.137 e. The standard InChI is InChI=1S/C16H17BrFN/c1-11-4-2-3-5-14(11)13(10-19)8-12-6-7-16(18)15(17)9-12/h2-7,9,13H,8,10,19H2,1H3. The summed E-state index contributed by atoms with van der Waals surface area (Å²) in [5.74, 6) is 0.0301. The summed E-state index contributed by atoms with van der Waals surface area (Å²) in [6.07, 6.45) is 0.820. The van der Waals surface area contributed by atoms with E-state index in [0.717, 1.165) is 12.0 Å². The van der Waals surface area contributed by atoms with Crippen LogP contribution >= 0.6 is 15.9 Å². The molecule has 0 heterocycles. The van der Waals surface area contributed by atoms with Crippen LogP contribution in [0, 0.1) is 12.7 Å². The van der Waals surface area contributed by atoms with Crippen LogP contribution in [0.15, 0.2) is 46.9 Å². The van der Waals surface area contributed by atoms with Crippen molar-refractivity contribution >= 4 is 15.9 Å². The molecule has 0 saturated heterocycles. The van der Waals surface area contributed by atoms with Gasteiger partial charge in [-0.25, -0.2) is 4.39 Å². The van der Waals surface area contributed by atoms with Crippen molar-refractivity contribution < 1.29 is 4.39 Å². The van der Waals surface area contributed by atoms with E-state index in [1.165, 1.54) is 17.2 Å². The molecule has 2 aromatic rings. The van der Waals surface area contributed by atoms with Crippen LogP contribution in [0.4, 0.5) is 4.39 Å². The van der Waals surface area contributed by atoms with Crippen molar-refractivity contribution in [1.29, 1.82) is 0 Å². The van der Waals surface area contributed by atoms with E-state index in [-0.39, 0.29) is 11.7 Å². The fourth-order valence-electron chi connectivity index (χ4n) is 2.32. The van der Waals surface area contributed by atoms with Crippen LogP contribution in [0.1, 0.15) is 22.6 Å². The van der Waals surface area contributed by atoms with Gasteiger partial charge in [-0.3, -0.25) is 0 Å². The molecule has 0 aromatic heterocycles. The molecule has 0 saturated carbocycles. The Bertz CT molecular complexity index is 568. The zero-order valence-corrected chi connectivity index (χ0v) is 12.5. The highest BCUT2D eigenvalue weighted by molar-refractivity contribution is 9.10. The number of nitrogens with two attached hydrogens (primary N) is 1. The van der Waals surface area contributed by atoms with Crippen LogP contribution < -0.4 is 5.73 Å². The topological polar surface area (TPSA) is 26.0 Å². The Morgan fingerprint density at radius 3 is 2.58 bits per heavy atom. The lowest BCUT2D eigenvalue weighted by molar-refractivity contribution is 0.618. The number of hydrogen-bond acceptors (Lipinski definition) is 1. The molecule has 0 fully saturated rings. The Morgan fingerprint density at radius 2 is 1.95 bits per heavy atom. The van der Waals surface area contributed by atoms with Crippen LogP contribution in [0.2, 0.25) is 0 Å². The van der Waals surface area contributed by atoms with Gasteiger partial charge in [0, 0.05) is 5.92 Å². The Labute approximate surface area is 121 Å². The summed E-state index contributed by atoms with van der Waals surface area (Å²) in [5, 5.41) is 0. The third-order valence-corrected chi connectivity index (χ3v) is 3.99. The minimum absolute atomic E-state index is 0.232. The third kappa shape index (κ3) is 3.43. The van der Waals surface area contributed by atoms with Gasteiger partial charge in [0.05, 0.1) is 4.47 Å². The SMILES string of the molecule is Cc1ccccc1C(CN)Cc1ccc(F)c(Br)c1. The van der Waals surface area contributed by atoms with Crippen molar-refractivity contribution in [2.75, 3.05) is 6.54 Å². The zero-order chi connectivity index (χ0) is 13.8. The fourth-order valence-corrected chi connectivity index (χ4v) is 2.74. The summed E-state index contributed by atoms with van der Waals surface area (Å²) in [7, 11) is 0. The molecule has 2 rings (SSSR count). The molecule has 0 aliphatic heterocycles. The largest absolute Gasteiger partial charge is 0.330 e. The molecule has 0 aliphatic rings. The Morgan fingerprint density at radius 1 is 1.21 bits per heavy atom. The van der Waals surface area contributed by atoms with E-state index < -0.39 is 0 Å². The predicted octanol–water partition coefficient (Wildman–Crippen LogP) is 4.18. The van der Waals surface area contributed by atoms with Gasteiger partial charge in [-0.05, 0) is 64.6 Å². The molecule has 1 nitrogen and oxygen atoms in total. The molecule has 0 bridgehead atoms. The maximum atomic E-state index is 13.2. The molecular formula is C16H17BrFN. The molecule has 19 heavy (non-hydrogen) atoms. The average molecular weight is 322 g/mol. The average Bonchev–Trinajstić information content (AvgIpc) is 2.41. The molecule has 0 amide bonds. The van der Waals surface area contributed by atoms with Gasteiger partial charge in [0.25, 0.3) is 0 Å². The lowest BCUT2D eigenvalue weighted by atomic mass is 9.89. The first kappa shape index (κ1) is 14.2. The van der Waals surface area contributed by atoms with E-state index in [9.17, 15) is 4.39 Å². The molecule has 100 valence electrons. The third-order valence-electron chi connectivity index (χ3n) is 3.38. The molecular weight excluding hydrogens is 305 g/mol. The molecule has 0 radical (unpaired) electrons. The van der Waals surface area contributed by atoms with Crippen LogP contribution in [0.3, 0.4) is 0 Å². The summed E-state index contributed by atoms with van der Waals surface area (Å²) < 4.78 is 13.7. The summed E-state index contributed by atoms with van der Waals surface area (Å²) in [4.78, 5) is 0. The summed E-state index contributed by atoms with van der Waals surface area (Å²) in [5.41, 5.74) is 9.51. The van der Waals surface area contributed by atoms with Crippen molar-refractivity contribution in [3.05, 3.63) is 69.4 Å². The van der Waals surface area contributed by atoms with Gasteiger partial charge in [0.1, 0.15) is 5.82 Å². The molecule has 1 atom stereocenters. The molecule has 3 heteroatoms. The van der Waals surface area contributed by atoms with Crippen molar-refractivity contribution in [2.45, 2.75) is 19.3 Å². The number of benzene rings is 2. The van der Waals surface area contributed by atoms with Crippen molar-refractivity contribution in [3.63, 3.8) is 0 Å². The highest BCUT2D eigenvalue weighted by atomic mass is 79.9. The fraction of sp³-hybridized carbons (Fsp3) is 0.250. The summed E-state index contributed by atoms with van der Waals surface area (Å²) in [6, 6.07) is 13.4. The predicted molar refractivity (Wildman–Crippen MR) is 80.8 cm³/mol. The molecule has 2 aromatic carbocycles. The van der Waals surface area contributed by atoms with Gasteiger partial charge >= 0.3 is 0 Å². The van der Waals surface area contributed by atoms with E-state index >= 15 is 0 Å². The second kappa shape index (κ2) is 6.31. The van der Waals surface area contributed by atoms with Gasteiger partial charge in [-0.15, -0.1) is 0 Å². The smallest absolute Gasteiger partial charge is 0.137 e. The monoisotopic (exact) mass is 321 g/mol. The minimum atomic E-state index is -0.232. The van der Waals surface area contributed by atoms with Crippen LogP contribution in [-0.4, -0.2) is 6.54 Å². The number of rotatable bonds is 4. The first-order chi connectivity index (χ1) is 9.11. The maximum absolute atomic E-state index is 13.2. The summed E-state index contributed by atoms with van der Waals surface area (Å²) >= 11 is 3.22. The highest BCUT2D eigenvalue weighted by Gasteiger charge is 2.13. The van der Waals surface area contributed by atoms with E-state index in [1.807, 2.05) is 24.3 Å². The zero-order valence-electron chi connectivity index (χ0n) is 10.9. The van der Waals surface area contributed by atoms with Gasteiger partial charge < -0.3 is 5.73 Å². The Balaban J connectivity index is 2.24. The van der Waals surface area contributed by atoms with Crippen LogP contribution in [-0.2, 0) is 6.42 Å². The molecule has 0 spiro atoms. The number of halogens is 2. The molecule has 0 aliphatic carbocycles. The van der Waals surface area contributed by atoms with E-state index in [4.69, 9.17) is 5.73 Å². The summed E-state index contributed by atoms with van der Waals surface area (Å²) in [6.45, 7) is 2.68. The van der Waals surface area contributed by atoms with E-state index in [1.54, 1.807) is 0 Å². The van der Waals surface area contributed by atoms with E-state index in [0.29, 0.717) is 11.0 Å². The van der Waals surface area contributed by atoms with Crippen molar-refractivity contribution in [1.82, 2.24) is 0 Å². The Hall–Kier alpha value is -1.19. The van der Waals surface area contributed by atoms with Gasteiger partial charge in [0.2, 0.25) is 0 Å². The van der Waals surface area contributed by atoms with Crippen molar-refractivity contribution in [3.8, 4) is 0 Å². The second-order valence-electron chi connectivity index (χ2n) is 4.74. The van der Waals surface area contributed by atoms with Crippen molar-refractivity contribution in [2.24, 2.45) is 5.73 Å². The lowest BCUT2D eigenvalue weighted by Crippen LogP contribution is -2.16. The Kier molecular flexibility index (Phi) is 4.72. The highest BCUT2D eigenvalue weighted by Crippen LogP contribution is 2.25. The van der Waals surface area contributed by atoms with Crippen LogP contribution in [0.25, 0.3) is 0 Å². The second-order valence-corrected chi connectivity index (χ2v) is 5.60. The van der Waals surface area contributed by atoms with Gasteiger partial charge in [-0.1, -0.05) is 30.3 Å². The first-order valence-corrected chi connectivity index (χ1v) is 7.10. The van der Waals surface area contributed by atoms with Gasteiger partial charge in [0.15, 0.2) is 0 Å². The normalized spacial score (nSPS) is 12.4. The minimum Gasteiger partial charge on any atom is -0.330 e. The number of hydrogen-bond donors (Lipinski definition) is 1. The van der Waals surface area contributed by atoms with Gasteiger partial charge in [-0.2, -0.15) is 0 Å². The lowest BCUT2D eigenvalue weighted by Gasteiger charge is -2.18.